The molecule has 96 valence electrons. The van der Waals surface area contributed by atoms with Crippen LogP contribution in [0.3, 0.4) is 0 Å². The maximum Gasteiger partial charge on any atom is -0.00132 e. The third-order valence-electron chi connectivity index (χ3n) is 4.06. The summed E-state index contributed by atoms with van der Waals surface area (Å²) < 4.78 is 0. The van der Waals surface area contributed by atoms with Crippen LogP contribution in [-0.4, -0.2) is 31.1 Å². The molecule has 0 saturated carbocycles. The number of rotatable bonds is 6. The van der Waals surface area contributed by atoms with Gasteiger partial charge in [-0.15, -0.1) is 0 Å². The van der Waals surface area contributed by atoms with Gasteiger partial charge >= 0.3 is 0 Å². The number of nitrogens with two attached hydrogens (primary N) is 1. The van der Waals surface area contributed by atoms with Crippen LogP contribution < -0.4 is 5.73 Å². The van der Waals surface area contributed by atoms with E-state index in [9.17, 15) is 0 Å². The molecule has 0 radical (unpaired) electrons. The van der Waals surface area contributed by atoms with E-state index in [0.29, 0.717) is 5.41 Å². The van der Waals surface area contributed by atoms with Gasteiger partial charge in [-0.05, 0) is 56.8 Å². The average Bonchev–Trinajstić information content (AvgIpc) is 2.29. The van der Waals surface area contributed by atoms with Gasteiger partial charge in [0.15, 0.2) is 0 Å². The van der Waals surface area contributed by atoms with Crippen LogP contribution in [0, 0.1) is 11.3 Å². The summed E-state index contributed by atoms with van der Waals surface area (Å²) in [6.45, 7) is 11.5. The van der Waals surface area contributed by atoms with Gasteiger partial charge in [-0.3, -0.25) is 0 Å². The molecular weight excluding hydrogens is 196 g/mol. The van der Waals surface area contributed by atoms with Crippen molar-refractivity contribution in [3.63, 3.8) is 0 Å². The van der Waals surface area contributed by atoms with E-state index in [1.54, 1.807) is 0 Å². The van der Waals surface area contributed by atoms with Crippen LogP contribution in [0.2, 0.25) is 0 Å². The molecule has 2 N–H and O–H groups in total. The van der Waals surface area contributed by atoms with Crippen molar-refractivity contribution < 1.29 is 0 Å². The summed E-state index contributed by atoms with van der Waals surface area (Å²) in [5, 5.41) is 0. The molecule has 0 aromatic carbocycles. The molecule has 0 spiro atoms. The van der Waals surface area contributed by atoms with E-state index in [2.05, 4.69) is 25.7 Å². The van der Waals surface area contributed by atoms with Gasteiger partial charge in [0.2, 0.25) is 0 Å². The first-order valence-electron chi connectivity index (χ1n) is 7.00. The third-order valence-corrected chi connectivity index (χ3v) is 4.06. The fourth-order valence-electron chi connectivity index (χ4n) is 2.47. The molecule has 2 heteroatoms. The quantitative estimate of drug-likeness (QED) is 0.754. The molecule has 16 heavy (non-hydrogen) atoms. The second kappa shape index (κ2) is 6.61. The van der Waals surface area contributed by atoms with E-state index in [1.165, 1.54) is 51.7 Å². The second-order valence-corrected chi connectivity index (χ2v) is 6.19. The summed E-state index contributed by atoms with van der Waals surface area (Å²) in [6, 6.07) is 0. The van der Waals surface area contributed by atoms with Gasteiger partial charge in [-0.2, -0.15) is 0 Å². The van der Waals surface area contributed by atoms with Crippen LogP contribution in [0.1, 0.15) is 52.9 Å². The maximum absolute atomic E-state index is 5.76. The highest BCUT2D eigenvalue weighted by atomic mass is 15.1. The normalized spacial score (nSPS) is 20.2. The summed E-state index contributed by atoms with van der Waals surface area (Å²) >= 11 is 0. The lowest BCUT2D eigenvalue weighted by Gasteiger charge is -2.34. The molecule has 1 saturated heterocycles. The summed E-state index contributed by atoms with van der Waals surface area (Å²) in [4.78, 5) is 2.63. The molecule has 0 aliphatic carbocycles. The number of nitrogens with zero attached hydrogens (tertiary/aromatic N) is 1. The number of piperidine rings is 1. The van der Waals surface area contributed by atoms with Crippen molar-refractivity contribution in [1.82, 2.24) is 4.90 Å². The lowest BCUT2D eigenvalue weighted by Crippen LogP contribution is -2.37. The fourth-order valence-corrected chi connectivity index (χ4v) is 2.47. The minimum absolute atomic E-state index is 0.320. The lowest BCUT2D eigenvalue weighted by molar-refractivity contribution is 0.156. The predicted molar refractivity (Wildman–Crippen MR) is 71.5 cm³/mol. The standard InChI is InChI=1S/C14H30N2/c1-4-5-13-6-9-16(10-7-13)11-8-14(2,3)12-15/h13H,4-12,15H2,1-3H3. The van der Waals surface area contributed by atoms with Gasteiger partial charge in [0, 0.05) is 0 Å². The number of hydrogen-bond donors (Lipinski definition) is 1. The minimum atomic E-state index is 0.320. The Labute approximate surface area is 102 Å². The highest BCUT2D eigenvalue weighted by Gasteiger charge is 2.21. The first-order valence-corrected chi connectivity index (χ1v) is 7.00. The van der Waals surface area contributed by atoms with E-state index in [0.717, 1.165) is 12.5 Å². The van der Waals surface area contributed by atoms with Gasteiger partial charge in [0.05, 0.1) is 0 Å². The van der Waals surface area contributed by atoms with Crippen LogP contribution in [0.5, 0.6) is 0 Å². The Balaban J connectivity index is 2.17. The summed E-state index contributed by atoms with van der Waals surface area (Å²) in [5.74, 6) is 1.00. The minimum Gasteiger partial charge on any atom is -0.330 e. The van der Waals surface area contributed by atoms with Crippen LogP contribution in [0.15, 0.2) is 0 Å². The third kappa shape index (κ3) is 4.84. The fraction of sp³-hybridized carbons (Fsp3) is 1.00. The Morgan fingerprint density at radius 3 is 2.38 bits per heavy atom. The first-order chi connectivity index (χ1) is 7.57. The van der Waals surface area contributed by atoms with Gasteiger partial charge in [-0.1, -0.05) is 33.6 Å². The average molecular weight is 226 g/mol. The Morgan fingerprint density at radius 2 is 1.88 bits per heavy atom. The van der Waals surface area contributed by atoms with Gasteiger partial charge in [0.1, 0.15) is 0 Å². The van der Waals surface area contributed by atoms with Gasteiger partial charge < -0.3 is 10.6 Å². The topological polar surface area (TPSA) is 29.3 Å². The SMILES string of the molecule is CCCC1CCN(CCC(C)(C)CN)CC1. The van der Waals surface area contributed by atoms with Crippen molar-refractivity contribution in [3.8, 4) is 0 Å². The van der Waals surface area contributed by atoms with Crippen LogP contribution in [-0.2, 0) is 0 Å². The predicted octanol–water partition coefficient (Wildman–Crippen LogP) is 2.87. The Bertz CT molecular complexity index is 181. The van der Waals surface area contributed by atoms with Crippen molar-refractivity contribution >= 4 is 0 Å². The molecule has 1 aliphatic heterocycles. The molecule has 0 amide bonds. The molecule has 0 bridgehead atoms. The van der Waals surface area contributed by atoms with E-state index in [1.807, 2.05) is 0 Å². The monoisotopic (exact) mass is 226 g/mol. The highest BCUT2D eigenvalue weighted by molar-refractivity contribution is 4.76. The van der Waals surface area contributed by atoms with E-state index in [-0.39, 0.29) is 0 Å². The molecular formula is C14H30N2. The van der Waals surface area contributed by atoms with Gasteiger partial charge in [-0.25, -0.2) is 0 Å². The van der Waals surface area contributed by atoms with Crippen molar-refractivity contribution in [2.45, 2.75) is 52.9 Å². The number of hydrogen-bond acceptors (Lipinski definition) is 2. The van der Waals surface area contributed by atoms with Crippen LogP contribution in [0.4, 0.5) is 0 Å². The second-order valence-electron chi connectivity index (χ2n) is 6.19. The molecule has 1 heterocycles. The highest BCUT2D eigenvalue weighted by Crippen LogP contribution is 2.24. The summed E-state index contributed by atoms with van der Waals surface area (Å²) in [5.41, 5.74) is 6.08. The van der Waals surface area contributed by atoms with Crippen molar-refractivity contribution in [2.24, 2.45) is 17.1 Å². The van der Waals surface area contributed by atoms with Crippen LogP contribution >= 0.6 is 0 Å². The van der Waals surface area contributed by atoms with Crippen molar-refractivity contribution in [2.75, 3.05) is 26.2 Å². The maximum atomic E-state index is 5.76. The smallest absolute Gasteiger partial charge is 0.00132 e. The molecule has 0 unspecified atom stereocenters. The van der Waals surface area contributed by atoms with E-state index >= 15 is 0 Å². The summed E-state index contributed by atoms with van der Waals surface area (Å²) in [6.07, 6.45) is 6.85. The molecule has 0 aromatic rings. The van der Waals surface area contributed by atoms with E-state index in [4.69, 9.17) is 5.73 Å². The van der Waals surface area contributed by atoms with Crippen molar-refractivity contribution in [1.29, 1.82) is 0 Å². The Kier molecular flexibility index (Phi) is 5.77. The van der Waals surface area contributed by atoms with Crippen molar-refractivity contribution in [3.05, 3.63) is 0 Å². The molecule has 2 nitrogen and oxygen atoms in total. The largest absolute Gasteiger partial charge is 0.330 e. The van der Waals surface area contributed by atoms with Crippen LogP contribution in [0.25, 0.3) is 0 Å². The molecule has 0 atom stereocenters. The zero-order valence-corrected chi connectivity index (χ0v) is 11.5. The molecule has 1 fully saturated rings. The Hall–Kier alpha value is -0.0800. The van der Waals surface area contributed by atoms with E-state index < -0.39 is 0 Å². The molecule has 0 aromatic heterocycles. The zero-order chi connectivity index (χ0) is 12.0. The summed E-state index contributed by atoms with van der Waals surface area (Å²) in [7, 11) is 0. The number of likely N-dealkylation sites (tertiary alicyclic amines) is 1. The van der Waals surface area contributed by atoms with Gasteiger partial charge in [0.25, 0.3) is 0 Å². The lowest BCUT2D eigenvalue weighted by atomic mass is 9.88. The molecule has 1 aliphatic rings. The first kappa shape index (κ1) is 14.0. The Morgan fingerprint density at radius 1 is 1.25 bits per heavy atom. The molecule has 1 rings (SSSR count). The zero-order valence-electron chi connectivity index (χ0n) is 11.5.